The fourth-order valence-electron chi connectivity index (χ4n) is 4.08. The standard InChI is InChI=1S/C27H24Cl2FN3O5/c28-22-2-1-3-23(29)25(22)32-27(37)31-19-8-4-16(5-9-19)12-24(34)33-14-18(30)13-20(33)15-38-21-10-6-17(7-11-21)26(35)36/h1-11,18,20H,12-15H2,(H,35,36)(H2,31,32,37). The third-order valence-corrected chi connectivity index (χ3v) is 6.63. The van der Waals surface area contributed by atoms with E-state index in [-0.39, 0.29) is 37.5 Å². The van der Waals surface area contributed by atoms with Crippen LogP contribution in [0.15, 0.2) is 66.7 Å². The van der Waals surface area contributed by atoms with Crippen LogP contribution in [0.2, 0.25) is 10.0 Å². The van der Waals surface area contributed by atoms with E-state index in [1.54, 1.807) is 42.5 Å². The monoisotopic (exact) mass is 559 g/mol. The number of amides is 3. The number of nitrogens with one attached hydrogen (secondary N) is 2. The predicted molar refractivity (Wildman–Crippen MR) is 143 cm³/mol. The molecule has 3 amide bonds. The van der Waals surface area contributed by atoms with E-state index in [4.69, 9.17) is 33.0 Å². The number of nitrogens with zero attached hydrogens (tertiary/aromatic N) is 1. The molecule has 38 heavy (non-hydrogen) atoms. The second kappa shape index (κ2) is 12.1. The van der Waals surface area contributed by atoms with Gasteiger partial charge >= 0.3 is 12.0 Å². The van der Waals surface area contributed by atoms with Crippen LogP contribution in [0.25, 0.3) is 0 Å². The number of likely N-dealkylation sites (tertiary alicyclic amines) is 1. The normalized spacial score (nSPS) is 16.7. The summed E-state index contributed by atoms with van der Waals surface area (Å²) in [6.07, 6.45) is -0.941. The van der Waals surface area contributed by atoms with Gasteiger partial charge in [0.2, 0.25) is 5.91 Å². The molecule has 1 fully saturated rings. The van der Waals surface area contributed by atoms with Crippen molar-refractivity contribution < 1.29 is 28.6 Å². The minimum absolute atomic E-state index is 0.0186. The number of carboxylic acids is 1. The van der Waals surface area contributed by atoms with Crippen molar-refractivity contribution >= 4 is 52.5 Å². The molecule has 2 atom stereocenters. The highest BCUT2D eigenvalue weighted by Crippen LogP contribution is 2.30. The molecule has 0 saturated carbocycles. The smallest absolute Gasteiger partial charge is 0.335 e. The molecule has 4 rings (SSSR count). The number of hydrogen-bond acceptors (Lipinski definition) is 4. The van der Waals surface area contributed by atoms with Crippen molar-refractivity contribution in [3.63, 3.8) is 0 Å². The molecule has 0 bridgehead atoms. The number of hydrogen-bond donors (Lipinski definition) is 3. The van der Waals surface area contributed by atoms with E-state index in [1.807, 2.05) is 0 Å². The number of rotatable bonds is 8. The van der Waals surface area contributed by atoms with Gasteiger partial charge in [-0.1, -0.05) is 41.4 Å². The Morgan fingerprint density at radius 2 is 1.63 bits per heavy atom. The summed E-state index contributed by atoms with van der Waals surface area (Å²) in [6.45, 7) is 0.0707. The lowest BCUT2D eigenvalue weighted by atomic mass is 10.1. The van der Waals surface area contributed by atoms with Gasteiger partial charge in [0.25, 0.3) is 0 Å². The second-order valence-corrected chi connectivity index (χ2v) is 9.54. The lowest BCUT2D eigenvalue weighted by Crippen LogP contribution is -2.40. The summed E-state index contributed by atoms with van der Waals surface area (Å²) >= 11 is 12.1. The lowest BCUT2D eigenvalue weighted by Gasteiger charge is -2.24. The number of ether oxygens (including phenoxy) is 1. The van der Waals surface area contributed by atoms with Crippen molar-refractivity contribution in [2.45, 2.75) is 25.1 Å². The zero-order chi connectivity index (χ0) is 27.2. The van der Waals surface area contributed by atoms with Gasteiger partial charge in [0.1, 0.15) is 18.5 Å². The van der Waals surface area contributed by atoms with E-state index in [0.29, 0.717) is 32.7 Å². The van der Waals surface area contributed by atoms with Crippen LogP contribution in [0.5, 0.6) is 5.75 Å². The number of urea groups is 1. The molecule has 3 aromatic rings. The van der Waals surface area contributed by atoms with Gasteiger partial charge in [-0.05, 0) is 54.1 Å². The molecule has 3 aromatic carbocycles. The van der Waals surface area contributed by atoms with Gasteiger partial charge < -0.3 is 25.4 Å². The molecule has 1 aliphatic rings. The van der Waals surface area contributed by atoms with E-state index >= 15 is 0 Å². The van der Waals surface area contributed by atoms with Gasteiger partial charge in [-0.3, -0.25) is 4.79 Å². The zero-order valence-electron chi connectivity index (χ0n) is 20.0. The van der Waals surface area contributed by atoms with Gasteiger partial charge in [0.05, 0.1) is 40.3 Å². The predicted octanol–water partition coefficient (Wildman–Crippen LogP) is 5.90. The number of halogens is 3. The lowest BCUT2D eigenvalue weighted by molar-refractivity contribution is -0.132. The molecule has 11 heteroatoms. The minimum atomic E-state index is -1.15. The number of aromatic carboxylic acids is 1. The maximum absolute atomic E-state index is 14.2. The molecule has 1 heterocycles. The molecule has 2 unspecified atom stereocenters. The molecule has 198 valence electrons. The highest BCUT2D eigenvalue weighted by molar-refractivity contribution is 6.39. The molecule has 0 radical (unpaired) electrons. The Labute approximate surface area is 228 Å². The first-order valence-corrected chi connectivity index (χ1v) is 12.5. The SMILES string of the molecule is O=C(Nc1ccc(CC(=O)N2CC(F)CC2COc2ccc(C(=O)O)cc2)cc1)Nc1c(Cl)cccc1Cl. The summed E-state index contributed by atoms with van der Waals surface area (Å²) in [5.41, 5.74) is 1.61. The molecular weight excluding hydrogens is 536 g/mol. The Kier molecular flexibility index (Phi) is 8.70. The van der Waals surface area contributed by atoms with E-state index in [2.05, 4.69) is 10.6 Å². The Balaban J connectivity index is 1.31. The first-order valence-electron chi connectivity index (χ1n) is 11.7. The first-order chi connectivity index (χ1) is 18.2. The van der Waals surface area contributed by atoms with Crippen molar-refractivity contribution in [2.24, 2.45) is 0 Å². The van der Waals surface area contributed by atoms with Crippen LogP contribution in [-0.2, 0) is 11.2 Å². The van der Waals surface area contributed by atoms with Crippen LogP contribution in [-0.4, -0.2) is 53.3 Å². The van der Waals surface area contributed by atoms with Gasteiger partial charge in [0, 0.05) is 12.1 Å². The molecule has 1 aliphatic heterocycles. The average molecular weight is 560 g/mol. The zero-order valence-corrected chi connectivity index (χ0v) is 21.5. The molecule has 3 N–H and O–H groups in total. The summed E-state index contributed by atoms with van der Waals surface area (Å²) in [7, 11) is 0. The van der Waals surface area contributed by atoms with Gasteiger partial charge in [-0.2, -0.15) is 0 Å². The van der Waals surface area contributed by atoms with Crippen molar-refractivity contribution in [3.8, 4) is 5.75 Å². The maximum atomic E-state index is 14.2. The quantitative estimate of drug-likeness (QED) is 0.318. The number of anilines is 2. The fraction of sp³-hybridized carbons (Fsp3) is 0.222. The van der Waals surface area contributed by atoms with Crippen molar-refractivity contribution in [1.29, 1.82) is 0 Å². The van der Waals surface area contributed by atoms with Crippen LogP contribution in [0, 0.1) is 0 Å². The van der Waals surface area contributed by atoms with Crippen LogP contribution in [0.1, 0.15) is 22.3 Å². The largest absolute Gasteiger partial charge is 0.491 e. The number of carbonyl (C=O) groups excluding carboxylic acids is 2. The highest BCUT2D eigenvalue weighted by atomic mass is 35.5. The Morgan fingerprint density at radius 3 is 2.26 bits per heavy atom. The van der Waals surface area contributed by atoms with Crippen molar-refractivity contribution in [1.82, 2.24) is 4.90 Å². The second-order valence-electron chi connectivity index (χ2n) is 8.72. The van der Waals surface area contributed by atoms with E-state index in [0.717, 1.165) is 0 Å². The molecule has 0 spiro atoms. The fourth-order valence-corrected chi connectivity index (χ4v) is 4.58. The Bertz CT molecular complexity index is 1300. The highest BCUT2D eigenvalue weighted by Gasteiger charge is 2.35. The molecule has 0 aliphatic carbocycles. The number of carbonyl (C=O) groups is 3. The van der Waals surface area contributed by atoms with Gasteiger partial charge in [-0.25, -0.2) is 14.0 Å². The van der Waals surface area contributed by atoms with Crippen LogP contribution >= 0.6 is 23.2 Å². The van der Waals surface area contributed by atoms with Gasteiger partial charge in [0.15, 0.2) is 0 Å². The summed E-state index contributed by atoms with van der Waals surface area (Å²) in [6, 6.07) is 16.5. The first kappa shape index (κ1) is 27.2. The topological polar surface area (TPSA) is 108 Å². The molecule has 1 saturated heterocycles. The number of carboxylic acid groups (broad SMARTS) is 1. The van der Waals surface area contributed by atoms with Crippen LogP contribution in [0.4, 0.5) is 20.6 Å². The number of benzene rings is 3. The number of para-hydroxylation sites is 1. The van der Waals surface area contributed by atoms with Crippen molar-refractivity contribution in [3.05, 3.63) is 87.9 Å². The summed E-state index contributed by atoms with van der Waals surface area (Å²) in [4.78, 5) is 37.7. The van der Waals surface area contributed by atoms with E-state index in [9.17, 15) is 18.8 Å². The maximum Gasteiger partial charge on any atom is 0.335 e. The Hall–Kier alpha value is -3.82. The van der Waals surface area contributed by atoms with Gasteiger partial charge in [-0.15, -0.1) is 0 Å². The third kappa shape index (κ3) is 6.93. The van der Waals surface area contributed by atoms with Crippen LogP contribution < -0.4 is 15.4 Å². The van der Waals surface area contributed by atoms with E-state index < -0.39 is 24.2 Å². The summed E-state index contributed by atoms with van der Waals surface area (Å²) < 4.78 is 19.9. The minimum Gasteiger partial charge on any atom is -0.491 e. The molecule has 8 nitrogen and oxygen atoms in total. The summed E-state index contributed by atoms with van der Waals surface area (Å²) in [5, 5.41) is 14.9. The summed E-state index contributed by atoms with van der Waals surface area (Å²) in [5.74, 6) is -0.848. The molecule has 0 aromatic heterocycles. The number of alkyl halides is 1. The van der Waals surface area contributed by atoms with Crippen molar-refractivity contribution in [2.75, 3.05) is 23.8 Å². The van der Waals surface area contributed by atoms with E-state index in [1.165, 1.54) is 29.2 Å². The van der Waals surface area contributed by atoms with Crippen LogP contribution in [0.3, 0.4) is 0 Å². The Morgan fingerprint density at radius 1 is 0.974 bits per heavy atom. The third-order valence-electron chi connectivity index (χ3n) is 6.00. The average Bonchev–Trinajstić information content (AvgIpc) is 3.27. The molecular formula is C27H24Cl2FN3O5.